The molecule has 21 heavy (non-hydrogen) atoms. The van der Waals surface area contributed by atoms with Gasteiger partial charge in [-0.1, -0.05) is 34.8 Å². The first kappa shape index (κ1) is 14.4. The summed E-state index contributed by atoms with van der Waals surface area (Å²) in [6.07, 6.45) is 3.64. The molecule has 7 heteroatoms. The zero-order valence-corrected chi connectivity index (χ0v) is 12.8. The van der Waals surface area contributed by atoms with Crippen LogP contribution in [0.5, 0.6) is 0 Å². The lowest BCUT2D eigenvalue weighted by molar-refractivity contribution is 0.629. The standard InChI is InChI=1S/C14H9Cl3FN3/c15-8-1-2-13-20-10(7-21(13)6-8)5-19-9-3-11(16)14(18)12(17)4-9/h1-4,6-7,19H,5H2. The second-order valence-electron chi connectivity index (χ2n) is 4.45. The number of pyridine rings is 1. The van der Waals surface area contributed by atoms with E-state index < -0.39 is 5.82 Å². The molecular formula is C14H9Cl3FN3. The fourth-order valence-electron chi connectivity index (χ4n) is 1.95. The van der Waals surface area contributed by atoms with E-state index in [-0.39, 0.29) is 10.0 Å². The summed E-state index contributed by atoms with van der Waals surface area (Å²) in [6, 6.07) is 6.57. The van der Waals surface area contributed by atoms with Crippen LogP contribution in [-0.2, 0) is 6.54 Å². The minimum absolute atomic E-state index is 0.0215. The summed E-state index contributed by atoms with van der Waals surface area (Å²) in [6.45, 7) is 0.456. The van der Waals surface area contributed by atoms with Gasteiger partial charge in [0.2, 0.25) is 0 Å². The number of imidazole rings is 1. The molecule has 0 fully saturated rings. The van der Waals surface area contributed by atoms with E-state index in [1.807, 2.05) is 16.7 Å². The van der Waals surface area contributed by atoms with Crippen LogP contribution >= 0.6 is 34.8 Å². The first-order valence-electron chi connectivity index (χ1n) is 6.04. The Bertz CT molecular complexity index is 793. The van der Waals surface area contributed by atoms with Gasteiger partial charge in [0.15, 0.2) is 5.82 Å². The molecule has 0 aliphatic carbocycles. The van der Waals surface area contributed by atoms with Crippen molar-refractivity contribution in [3.8, 4) is 0 Å². The van der Waals surface area contributed by atoms with E-state index in [9.17, 15) is 4.39 Å². The molecule has 0 spiro atoms. The average Bonchev–Trinajstić information content (AvgIpc) is 2.84. The van der Waals surface area contributed by atoms with Crippen LogP contribution in [-0.4, -0.2) is 9.38 Å². The third-order valence-corrected chi connectivity index (χ3v) is 3.70. The van der Waals surface area contributed by atoms with Gasteiger partial charge in [-0.2, -0.15) is 0 Å². The van der Waals surface area contributed by atoms with Crippen LogP contribution in [0.25, 0.3) is 5.65 Å². The highest BCUT2D eigenvalue weighted by Crippen LogP contribution is 2.27. The van der Waals surface area contributed by atoms with Crippen molar-refractivity contribution in [3.05, 3.63) is 63.2 Å². The summed E-state index contributed by atoms with van der Waals surface area (Å²) in [5.74, 6) is -0.619. The molecule has 2 heterocycles. The number of nitrogens with zero attached hydrogens (tertiary/aromatic N) is 2. The van der Waals surface area contributed by atoms with Crippen molar-refractivity contribution in [1.29, 1.82) is 0 Å². The third-order valence-electron chi connectivity index (χ3n) is 2.92. The van der Waals surface area contributed by atoms with Gasteiger partial charge >= 0.3 is 0 Å². The second kappa shape index (κ2) is 5.72. The zero-order chi connectivity index (χ0) is 15.0. The molecule has 3 nitrogen and oxygen atoms in total. The molecule has 1 aromatic carbocycles. The maximum atomic E-state index is 13.3. The average molecular weight is 345 g/mol. The Balaban J connectivity index is 1.80. The van der Waals surface area contributed by atoms with Crippen LogP contribution in [0.2, 0.25) is 15.1 Å². The molecule has 0 unspecified atom stereocenters. The smallest absolute Gasteiger partial charge is 0.160 e. The molecule has 3 rings (SSSR count). The molecule has 0 aliphatic rings. The SMILES string of the molecule is Fc1c(Cl)cc(NCc2cn3cc(Cl)ccc3n2)cc1Cl. The summed E-state index contributed by atoms with van der Waals surface area (Å²) >= 11 is 17.4. The number of halogens is 4. The summed E-state index contributed by atoms with van der Waals surface area (Å²) in [7, 11) is 0. The maximum absolute atomic E-state index is 13.3. The molecule has 0 radical (unpaired) electrons. The van der Waals surface area contributed by atoms with Crippen molar-refractivity contribution in [3.63, 3.8) is 0 Å². The molecule has 1 N–H and O–H groups in total. The molecule has 0 saturated carbocycles. The summed E-state index contributed by atoms with van der Waals surface area (Å²) < 4.78 is 15.2. The van der Waals surface area contributed by atoms with Crippen molar-refractivity contribution >= 4 is 46.1 Å². The van der Waals surface area contributed by atoms with E-state index in [0.29, 0.717) is 17.3 Å². The number of hydrogen-bond donors (Lipinski definition) is 1. The second-order valence-corrected chi connectivity index (χ2v) is 5.70. The predicted molar refractivity (Wildman–Crippen MR) is 83.9 cm³/mol. The number of aromatic nitrogens is 2. The highest BCUT2D eigenvalue weighted by Gasteiger charge is 2.08. The topological polar surface area (TPSA) is 29.3 Å². The molecule has 0 aliphatic heterocycles. The Labute approximate surface area is 135 Å². The molecule has 3 aromatic rings. The van der Waals surface area contributed by atoms with Gasteiger partial charge in [-0.3, -0.25) is 0 Å². The first-order chi connectivity index (χ1) is 10.0. The largest absolute Gasteiger partial charge is 0.379 e. The van der Waals surface area contributed by atoms with Gasteiger partial charge in [0.25, 0.3) is 0 Å². The molecule has 2 aromatic heterocycles. The zero-order valence-electron chi connectivity index (χ0n) is 10.6. The van der Waals surface area contributed by atoms with Crippen molar-refractivity contribution in [2.75, 3.05) is 5.32 Å². The number of nitrogens with one attached hydrogen (secondary N) is 1. The Morgan fingerprint density at radius 2 is 1.81 bits per heavy atom. The van der Waals surface area contributed by atoms with Crippen molar-refractivity contribution in [1.82, 2.24) is 9.38 Å². The highest BCUT2D eigenvalue weighted by atomic mass is 35.5. The molecular weight excluding hydrogens is 336 g/mol. The number of hydrogen-bond acceptors (Lipinski definition) is 2. The number of rotatable bonds is 3. The van der Waals surface area contributed by atoms with Crippen molar-refractivity contribution in [2.24, 2.45) is 0 Å². The minimum Gasteiger partial charge on any atom is -0.379 e. The lowest BCUT2D eigenvalue weighted by atomic mass is 10.3. The maximum Gasteiger partial charge on any atom is 0.160 e. The Kier molecular flexibility index (Phi) is 3.93. The van der Waals surface area contributed by atoms with E-state index in [1.54, 1.807) is 12.3 Å². The van der Waals surface area contributed by atoms with Crippen LogP contribution in [0.1, 0.15) is 5.69 Å². The highest BCUT2D eigenvalue weighted by molar-refractivity contribution is 6.35. The van der Waals surface area contributed by atoms with Crippen LogP contribution < -0.4 is 5.32 Å². The van der Waals surface area contributed by atoms with Gasteiger partial charge < -0.3 is 9.72 Å². The van der Waals surface area contributed by atoms with Gasteiger partial charge in [-0.05, 0) is 24.3 Å². The van der Waals surface area contributed by atoms with Gasteiger partial charge in [0.05, 0.1) is 27.3 Å². The number of anilines is 1. The summed E-state index contributed by atoms with van der Waals surface area (Å²) in [5.41, 5.74) is 2.24. The minimum atomic E-state index is -0.619. The summed E-state index contributed by atoms with van der Waals surface area (Å²) in [5, 5.41) is 3.69. The molecule has 0 amide bonds. The predicted octanol–water partition coefficient (Wildman–Crippen LogP) is 5.05. The molecule has 108 valence electrons. The van der Waals surface area contributed by atoms with Crippen molar-refractivity contribution < 1.29 is 4.39 Å². The Morgan fingerprint density at radius 3 is 2.52 bits per heavy atom. The quantitative estimate of drug-likeness (QED) is 0.674. The lowest BCUT2D eigenvalue weighted by Crippen LogP contribution is -2.00. The van der Waals surface area contributed by atoms with E-state index in [0.717, 1.165) is 11.3 Å². The van der Waals surface area contributed by atoms with Gasteiger partial charge in [0.1, 0.15) is 5.65 Å². The monoisotopic (exact) mass is 343 g/mol. The first-order valence-corrected chi connectivity index (χ1v) is 7.18. The van der Waals surface area contributed by atoms with Crippen LogP contribution in [0, 0.1) is 5.82 Å². The van der Waals surface area contributed by atoms with Gasteiger partial charge in [0, 0.05) is 18.1 Å². The lowest BCUT2D eigenvalue weighted by Gasteiger charge is -2.06. The van der Waals surface area contributed by atoms with E-state index in [1.165, 1.54) is 12.1 Å². The van der Waals surface area contributed by atoms with Gasteiger partial charge in [-0.25, -0.2) is 9.37 Å². The van der Waals surface area contributed by atoms with Gasteiger partial charge in [-0.15, -0.1) is 0 Å². The fraction of sp³-hybridized carbons (Fsp3) is 0.0714. The number of fused-ring (bicyclic) bond motifs is 1. The van der Waals surface area contributed by atoms with E-state index >= 15 is 0 Å². The molecule has 0 bridgehead atoms. The van der Waals surface area contributed by atoms with Crippen molar-refractivity contribution in [2.45, 2.75) is 6.54 Å². The fourth-order valence-corrected chi connectivity index (χ4v) is 2.61. The number of benzene rings is 1. The van der Waals surface area contributed by atoms with Crippen LogP contribution in [0.15, 0.2) is 36.7 Å². The van der Waals surface area contributed by atoms with Crippen LogP contribution in [0.4, 0.5) is 10.1 Å². The summed E-state index contributed by atoms with van der Waals surface area (Å²) in [4.78, 5) is 4.43. The Morgan fingerprint density at radius 1 is 1.10 bits per heavy atom. The Hall–Kier alpha value is -1.49. The van der Waals surface area contributed by atoms with E-state index in [2.05, 4.69) is 10.3 Å². The molecule has 0 atom stereocenters. The normalized spacial score (nSPS) is 11.0. The van der Waals surface area contributed by atoms with Crippen LogP contribution in [0.3, 0.4) is 0 Å². The van der Waals surface area contributed by atoms with E-state index in [4.69, 9.17) is 34.8 Å². The third kappa shape index (κ3) is 3.07. The molecule has 0 saturated heterocycles.